The first-order valence-electron chi connectivity index (χ1n) is 7.57. The molecule has 5 nitrogen and oxygen atoms in total. The van der Waals surface area contributed by atoms with Crippen molar-refractivity contribution in [2.75, 3.05) is 11.5 Å². The Morgan fingerprint density at radius 2 is 1.71 bits per heavy atom. The summed E-state index contributed by atoms with van der Waals surface area (Å²) in [6, 6.07) is 13.0. The highest BCUT2D eigenvalue weighted by Crippen LogP contribution is 2.31. The van der Waals surface area contributed by atoms with Gasteiger partial charge in [-0.2, -0.15) is 0 Å². The molecule has 0 aliphatic carbocycles. The summed E-state index contributed by atoms with van der Waals surface area (Å²) in [6.07, 6.45) is -0.103. The van der Waals surface area contributed by atoms with Crippen LogP contribution in [0.2, 0.25) is 5.02 Å². The lowest BCUT2D eigenvalue weighted by Gasteiger charge is -2.43. The Kier molecular flexibility index (Phi) is 4.71. The van der Waals surface area contributed by atoms with Crippen molar-refractivity contribution < 1.29 is 19.1 Å². The molecule has 1 heterocycles. The summed E-state index contributed by atoms with van der Waals surface area (Å²) < 4.78 is 11.0. The summed E-state index contributed by atoms with van der Waals surface area (Å²) in [7, 11) is 0. The van der Waals surface area contributed by atoms with Crippen LogP contribution in [0.15, 0.2) is 48.5 Å². The number of carbonyl (C=O) groups is 2. The molecule has 6 heteroatoms. The summed E-state index contributed by atoms with van der Waals surface area (Å²) in [5.74, 6) is 0.952. The number of halogens is 1. The molecule has 0 radical (unpaired) electrons. The molecule has 3 rings (SSSR count). The number of anilines is 1. The van der Waals surface area contributed by atoms with Gasteiger partial charge in [-0.25, -0.2) is 0 Å². The number of rotatable bonds is 6. The summed E-state index contributed by atoms with van der Waals surface area (Å²) in [4.78, 5) is 25.2. The van der Waals surface area contributed by atoms with Gasteiger partial charge in [0.05, 0.1) is 6.61 Å². The highest BCUT2D eigenvalue weighted by molar-refractivity contribution is 6.30. The lowest BCUT2D eigenvalue weighted by molar-refractivity contribution is -0.138. The van der Waals surface area contributed by atoms with Crippen LogP contribution in [0.3, 0.4) is 0 Å². The van der Waals surface area contributed by atoms with Crippen molar-refractivity contribution in [3.8, 4) is 11.5 Å². The molecule has 1 aliphatic rings. The lowest BCUT2D eigenvalue weighted by Crippen LogP contribution is -2.68. The van der Waals surface area contributed by atoms with Gasteiger partial charge in [0.2, 0.25) is 6.10 Å². The van der Waals surface area contributed by atoms with E-state index in [0.717, 1.165) is 6.29 Å². The van der Waals surface area contributed by atoms with E-state index in [-0.39, 0.29) is 5.91 Å². The van der Waals surface area contributed by atoms with E-state index in [1.807, 2.05) is 6.92 Å². The highest BCUT2D eigenvalue weighted by atomic mass is 35.5. The molecule has 24 heavy (non-hydrogen) atoms. The third-order valence-corrected chi connectivity index (χ3v) is 3.98. The van der Waals surface area contributed by atoms with Crippen molar-refractivity contribution in [2.24, 2.45) is 0 Å². The summed E-state index contributed by atoms with van der Waals surface area (Å²) in [5.41, 5.74) is 0.636. The molecule has 2 aromatic rings. The van der Waals surface area contributed by atoms with Crippen molar-refractivity contribution in [1.29, 1.82) is 0 Å². The average Bonchev–Trinajstić information content (AvgIpc) is 2.60. The van der Waals surface area contributed by atoms with Crippen LogP contribution in [0.5, 0.6) is 11.5 Å². The average molecular weight is 346 g/mol. The van der Waals surface area contributed by atoms with Crippen LogP contribution in [-0.2, 0) is 9.59 Å². The zero-order valence-corrected chi connectivity index (χ0v) is 13.8. The number of carbonyl (C=O) groups excluding carboxylic acids is 2. The van der Waals surface area contributed by atoms with E-state index >= 15 is 0 Å². The van der Waals surface area contributed by atoms with Crippen LogP contribution >= 0.6 is 11.6 Å². The molecule has 1 fully saturated rings. The number of aldehydes is 1. The zero-order chi connectivity index (χ0) is 17.1. The van der Waals surface area contributed by atoms with Gasteiger partial charge in [0.1, 0.15) is 23.8 Å². The monoisotopic (exact) mass is 345 g/mol. The van der Waals surface area contributed by atoms with E-state index in [0.29, 0.717) is 28.8 Å². The Balaban J connectivity index is 1.73. The first-order chi connectivity index (χ1) is 11.6. The van der Waals surface area contributed by atoms with Gasteiger partial charge in [-0.05, 0) is 55.5 Å². The second-order valence-electron chi connectivity index (χ2n) is 5.25. The molecule has 124 valence electrons. The minimum Gasteiger partial charge on any atom is -0.494 e. The van der Waals surface area contributed by atoms with E-state index in [4.69, 9.17) is 21.1 Å². The molecular formula is C18H16ClNO4. The van der Waals surface area contributed by atoms with Gasteiger partial charge in [0, 0.05) is 10.7 Å². The molecule has 0 aromatic heterocycles. The molecule has 0 spiro atoms. The maximum Gasteiger partial charge on any atom is 0.271 e. The van der Waals surface area contributed by atoms with Crippen molar-refractivity contribution in [2.45, 2.75) is 19.1 Å². The predicted octanol–water partition coefficient (Wildman–Crippen LogP) is 3.10. The van der Waals surface area contributed by atoms with Crippen LogP contribution in [0.1, 0.15) is 6.92 Å². The van der Waals surface area contributed by atoms with E-state index in [1.165, 1.54) is 4.90 Å². The van der Waals surface area contributed by atoms with Gasteiger partial charge in [-0.3, -0.25) is 9.69 Å². The van der Waals surface area contributed by atoms with E-state index < -0.39 is 12.1 Å². The summed E-state index contributed by atoms with van der Waals surface area (Å²) in [6.45, 7) is 2.46. The maximum atomic E-state index is 12.4. The minimum atomic E-state index is -0.824. The summed E-state index contributed by atoms with van der Waals surface area (Å²) in [5, 5.41) is 0.574. The molecule has 1 saturated heterocycles. The third kappa shape index (κ3) is 3.08. The number of hydrogen-bond acceptors (Lipinski definition) is 4. The van der Waals surface area contributed by atoms with Gasteiger partial charge >= 0.3 is 0 Å². The van der Waals surface area contributed by atoms with Gasteiger partial charge in [0.25, 0.3) is 5.91 Å². The molecular weight excluding hydrogens is 330 g/mol. The molecule has 2 aromatic carbocycles. The number of ether oxygens (including phenoxy) is 2. The number of β-lactam (4-membered cyclic amide) rings is 1. The van der Waals surface area contributed by atoms with Crippen molar-refractivity contribution in [1.82, 2.24) is 0 Å². The zero-order valence-electron chi connectivity index (χ0n) is 13.0. The topological polar surface area (TPSA) is 55.8 Å². The smallest absolute Gasteiger partial charge is 0.271 e. The fraction of sp³-hybridized carbons (Fsp3) is 0.222. The van der Waals surface area contributed by atoms with Gasteiger partial charge in [-0.1, -0.05) is 11.6 Å². The Morgan fingerprint density at radius 3 is 2.29 bits per heavy atom. The van der Waals surface area contributed by atoms with Crippen LogP contribution < -0.4 is 14.4 Å². The number of benzene rings is 2. The number of amides is 1. The molecule has 1 amide bonds. The van der Waals surface area contributed by atoms with E-state index in [1.54, 1.807) is 48.5 Å². The van der Waals surface area contributed by atoms with Gasteiger partial charge in [0.15, 0.2) is 0 Å². The first kappa shape index (κ1) is 16.3. The van der Waals surface area contributed by atoms with Crippen LogP contribution in [0, 0.1) is 0 Å². The minimum absolute atomic E-state index is 0.258. The second kappa shape index (κ2) is 6.93. The third-order valence-electron chi connectivity index (χ3n) is 3.73. The lowest BCUT2D eigenvalue weighted by atomic mass is 9.97. The molecule has 0 unspecified atom stereocenters. The van der Waals surface area contributed by atoms with Crippen molar-refractivity contribution in [3.05, 3.63) is 53.6 Å². The van der Waals surface area contributed by atoms with Gasteiger partial charge in [-0.15, -0.1) is 0 Å². The Morgan fingerprint density at radius 1 is 1.08 bits per heavy atom. The second-order valence-corrected chi connectivity index (χ2v) is 5.69. The number of nitrogens with zero attached hydrogens (tertiary/aromatic N) is 1. The molecule has 0 saturated carbocycles. The van der Waals surface area contributed by atoms with E-state index in [9.17, 15) is 9.59 Å². The van der Waals surface area contributed by atoms with Crippen molar-refractivity contribution >= 4 is 29.5 Å². The standard InChI is InChI=1S/C18H16ClNO4/c1-2-23-14-9-5-13(6-10-14)20-16(11-21)17(18(20)22)24-15-7-3-12(19)4-8-15/h3-11,16-17H,2H2,1H3/t16-,17-/m1/s1. The fourth-order valence-electron chi connectivity index (χ4n) is 2.56. The molecule has 0 bridgehead atoms. The predicted molar refractivity (Wildman–Crippen MR) is 90.8 cm³/mol. The quantitative estimate of drug-likeness (QED) is 0.596. The normalized spacial score (nSPS) is 19.6. The molecule has 2 atom stereocenters. The number of hydrogen-bond donors (Lipinski definition) is 0. The maximum absolute atomic E-state index is 12.4. The largest absolute Gasteiger partial charge is 0.494 e. The van der Waals surface area contributed by atoms with Gasteiger partial charge < -0.3 is 14.3 Å². The summed E-state index contributed by atoms with van der Waals surface area (Å²) >= 11 is 5.82. The first-order valence-corrected chi connectivity index (χ1v) is 7.95. The fourth-order valence-corrected chi connectivity index (χ4v) is 2.69. The Bertz CT molecular complexity index is 730. The van der Waals surface area contributed by atoms with Crippen molar-refractivity contribution in [3.63, 3.8) is 0 Å². The van der Waals surface area contributed by atoms with E-state index in [2.05, 4.69) is 0 Å². The molecule has 0 N–H and O–H groups in total. The molecule has 1 aliphatic heterocycles. The van der Waals surface area contributed by atoms with Crippen LogP contribution in [-0.4, -0.2) is 30.9 Å². The van der Waals surface area contributed by atoms with Crippen LogP contribution in [0.25, 0.3) is 0 Å². The van der Waals surface area contributed by atoms with Crippen LogP contribution in [0.4, 0.5) is 5.69 Å². The Labute approximate surface area is 144 Å². The highest BCUT2D eigenvalue weighted by Gasteiger charge is 2.50. The Hall–Kier alpha value is -2.53. The SMILES string of the molecule is CCOc1ccc(N2C(=O)[C@H](Oc3ccc(Cl)cc3)[C@H]2C=O)cc1.